The molecule has 0 spiro atoms. The number of benzene rings is 4. The summed E-state index contributed by atoms with van der Waals surface area (Å²) >= 11 is 6.68. The zero-order chi connectivity index (χ0) is 38.2. The van der Waals surface area contributed by atoms with Crippen LogP contribution in [0.1, 0.15) is 50.4 Å². The van der Waals surface area contributed by atoms with Crippen molar-refractivity contribution in [3.8, 4) is 22.8 Å². The van der Waals surface area contributed by atoms with E-state index in [0.717, 1.165) is 55.7 Å². The minimum absolute atomic E-state index is 0.0331. The molecule has 4 aromatic carbocycles. The predicted molar refractivity (Wildman–Crippen MR) is 206 cm³/mol. The number of anilines is 2. The number of fused-ring (bicyclic) bond motifs is 2. The molecule has 9 nitrogen and oxygen atoms in total. The van der Waals surface area contributed by atoms with Crippen LogP contribution in [0.25, 0.3) is 11.3 Å². The Morgan fingerprint density at radius 3 is 2.35 bits per heavy atom. The van der Waals surface area contributed by atoms with E-state index in [0.29, 0.717) is 72.4 Å². The summed E-state index contributed by atoms with van der Waals surface area (Å²) in [5.41, 5.74) is 5.38. The second-order valence-corrected chi connectivity index (χ2v) is 14.7. The third kappa shape index (κ3) is 7.19. The van der Waals surface area contributed by atoms with Gasteiger partial charge in [-0.2, -0.15) is 0 Å². The molecular weight excluding hydrogens is 726 g/mol. The van der Waals surface area contributed by atoms with Crippen LogP contribution in [0.3, 0.4) is 0 Å². The highest BCUT2D eigenvalue weighted by Gasteiger charge is 2.35. The number of rotatable bonds is 8. The summed E-state index contributed by atoms with van der Waals surface area (Å²) in [6.45, 7) is 4.69. The molecule has 3 aliphatic heterocycles. The Morgan fingerprint density at radius 2 is 1.62 bits per heavy atom. The lowest BCUT2D eigenvalue weighted by atomic mass is 9.92. The number of ether oxygens (including phenoxy) is 2. The number of halogens is 3. The maximum absolute atomic E-state index is 15.2. The van der Waals surface area contributed by atoms with E-state index in [1.54, 1.807) is 24.3 Å². The number of morpholine rings is 1. The van der Waals surface area contributed by atoms with Gasteiger partial charge in [-0.25, -0.2) is 8.78 Å². The van der Waals surface area contributed by atoms with Gasteiger partial charge in [0.1, 0.15) is 5.75 Å². The van der Waals surface area contributed by atoms with Crippen LogP contribution in [0.15, 0.2) is 84.9 Å². The quantitative estimate of drug-likeness (QED) is 0.172. The van der Waals surface area contributed by atoms with Gasteiger partial charge in [0.2, 0.25) is 0 Å². The monoisotopic (exact) mass is 766 g/mol. The number of hydrogen-bond acceptors (Lipinski definition) is 6. The van der Waals surface area contributed by atoms with E-state index < -0.39 is 23.3 Å². The van der Waals surface area contributed by atoms with E-state index in [4.69, 9.17) is 21.1 Å². The lowest BCUT2D eigenvalue weighted by Gasteiger charge is -2.40. The van der Waals surface area contributed by atoms with Crippen molar-refractivity contribution < 1.29 is 33.0 Å². The molecule has 0 aliphatic carbocycles. The zero-order valence-electron chi connectivity index (χ0n) is 30.4. The highest BCUT2D eigenvalue weighted by atomic mass is 35.5. The van der Waals surface area contributed by atoms with Gasteiger partial charge in [0.15, 0.2) is 17.4 Å². The van der Waals surface area contributed by atoms with Crippen LogP contribution in [0.2, 0.25) is 5.02 Å². The SMILES string of the molecule is COc1c(F)cc(N(C(=O)c2cc(-c3cc(Cl)ccc3C(=O)N3Cc4ccccc4C[C@H]3CN3CCOCC3)n3c2CCCC3)c2ccc(O)cc2)cc1F. The Labute approximate surface area is 323 Å². The third-order valence-corrected chi connectivity index (χ3v) is 11.2. The summed E-state index contributed by atoms with van der Waals surface area (Å²) in [6.07, 6.45) is 2.98. The molecule has 0 unspecified atom stereocenters. The maximum atomic E-state index is 15.2. The molecular formula is C43H41ClF2N4O5. The molecule has 1 fully saturated rings. The first-order valence-electron chi connectivity index (χ1n) is 18.6. The Morgan fingerprint density at radius 1 is 0.891 bits per heavy atom. The summed E-state index contributed by atoms with van der Waals surface area (Å²) < 4.78 is 42.9. The van der Waals surface area contributed by atoms with E-state index in [1.807, 2.05) is 17.0 Å². The van der Waals surface area contributed by atoms with Crippen LogP contribution < -0.4 is 9.64 Å². The average molecular weight is 767 g/mol. The Balaban J connectivity index is 1.22. The molecule has 0 bridgehead atoms. The fourth-order valence-corrected chi connectivity index (χ4v) is 8.37. The number of aromatic nitrogens is 1. The number of carbonyl (C=O) groups is 2. The van der Waals surface area contributed by atoms with Crippen molar-refractivity contribution in [3.05, 3.63) is 130 Å². The largest absolute Gasteiger partial charge is 0.508 e. The standard InChI is InChI=1S/C43H41ClF2N4O5/c1-54-41-37(45)22-31(23-38(41)46)50(30-10-12-33(51)13-11-30)43(53)36-24-40(48-15-5-4-8-39(36)48)35-21-29(44)9-14-34(35)42(52)49-25-28-7-3-2-6-27(28)20-32(49)26-47-16-18-55-19-17-47/h2-3,6-7,9-14,21-24,32,51H,4-5,8,15-20,25-26H2,1H3/t32-/m0/s1. The van der Waals surface area contributed by atoms with Crippen molar-refractivity contribution in [1.29, 1.82) is 0 Å². The second kappa shape index (κ2) is 15.5. The van der Waals surface area contributed by atoms with Crippen LogP contribution in [-0.4, -0.2) is 77.3 Å². The van der Waals surface area contributed by atoms with E-state index in [-0.39, 0.29) is 23.4 Å². The van der Waals surface area contributed by atoms with E-state index in [2.05, 4.69) is 21.6 Å². The molecule has 3 aliphatic rings. The molecule has 0 radical (unpaired) electrons. The van der Waals surface area contributed by atoms with Crippen molar-refractivity contribution in [2.75, 3.05) is 44.9 Å². The molecule has 4 heterocycles. The fraction of sp³-hybridized carbons (Fsp3) is 0.302. The number of phenolic OH excluding ortho intramolecular Hbond substituents is 1. The highest BCUT2D eigenvalue weighted by molar-refractivity contribution is 6.31. The van der Waals surface area contributed by atoms with E-state index in [1.165, 1.54) is 41.8 Å². The minimum Gasteiger partial charge on any atom is -0.508 e. The molecule has 1 saturated heterocycles. The molecule has 1 atom stereocenters. The van der Waals surface area contributed by atoms with E-state index >= 15 is 8.78 Å². The zero-order valence-corrected chi connectivity index (χ0v) is 31.2. The first kappa shape index (κ1) is 36.7. The van der Waals surface area contributed by atoms with Crippen LogP contribution in [0.5, 0.6) is 11.5 Å². The van der Waals surface area contributed by atoms with Crippen molar-refractivity contribution in [3.63, 3.8) is 0 Å². The molecule has 8 rings (SSSR count). The number of methoxy groups -OCH3 is 1. The number of phenols is 1. The summed E-state index contributed by atoms with van der Waals surface area (Å²) in [5.74, 6) is -3.19. The predicted octanol–water partition coefficient (Wildman–Crippen LogP) is 8.02. The molecule has 12 heteroatoms. The van der Waals surface area contributed by atoms with Crippen molar-refractivity contribution >= 4 is 34.8 Å². The molecule has 284 valence electrons. The lowest BCUT2D eigenvalue weighted by molar-refractivity contribution is 0.0193. The summed E-state index contributed by atoms with van der Waals surface area (Å²) in [4.78, 5) is 35.4. The molecule has 55 heavy (non-hydrogen) atoms. The fourth-order valence-electron chi connectivity index (χ4n) is 8.20. The summed E-state index contributed by atoms with van der Waals surface area (Å²) in [6, 6.07) is 23.1. The van der Waals surface area contributed by atoms with Gasteiger partial charge in [-0.3, -0.25) is 19.4 Å². The first-order valence-corrected chi connectivity index (χ1v) is 18.9. The van der Waals surface area contributed by atoms with Crippen LogP contribution in [-0.2, 0) is 30.7 Å². The highest BCUT2D eigenvalue weighted by Crippen LogP contribution is 2.39. The molecule has 2 amide bonds. The number of carbonyl (C=O) groups excluding carboxylic acids is 2. The van der Waals surface area contributed by atoms with Gasteiger partial charge in [-0.15, -0.1) is 0 Å². The molecule has 0 saturated carbocycles. The van der Waals surface area contributed by atoms with Gasteiger partial charge in [0.25, 0.3) is 11.8 Å². The smallest absolute Gasteiger partial charge is 0.264 e. The molecule has 1 N–H and O–H groups in total. The Bertz CT molecular complexity index is 2230. The lowest BCUT2D eigenvalue weighted by Crippen LogP contribution is -2.52. The van der Waals surface area contributed by atoms with Gasteiger partial charge in [0, 0.05) is 84.1 Å². The van der Waals surface area contributed by atoms with Crippen LogP contribution in [0, 0.1) is 11.6 Å². The first-order chi connectivity index (χ1) is 26.7. The third-order valence-electron chi connectivity index (χ3n) is 10.9. The van der Waals surface area contributed by atoms with Gasteiger partial charge in [-0.05, 0) is 85.3 Å². The maximum Gasteiger partial charge on any atom is 0.264 e. The summed E-state index contributed by atoms with van der Waals surface area (Å²) in [5, 5.41) is 10.5. The number of hydrogen-bond donors (Lipinski definition) is 1. The Kier molecular flexibility index (Phi) is 10.3. The van der Waals surface area contributed by atoms with Crippen molar-refractivity contribution in [2.45, 2.75) is 44.8 Å². The summed E-state index contributed by atoms with van der Waals surface area (Å²) in [7, 11) is 1.17. The van der Waals surface area contributed by atoms with Gasteiger partial charge in [-0.1, -0.05) is 35.9 Å². The number of aromatic hydroxyl groups is 1. The van der Waals surface area contributed by atoms with Crippen LogP contribution in [0.4, 0.5) is 20.2 Å². The van der Waals surface area contributed by atoms with E-state index in [9.17, 15) is 14.7 Å². The van der Waals surface area contributed by atoms with Crippen molar-refractivity contribution in [2.24, 2.45) is 0 Å². The second-order valence-electron chi connectivity index (χ2n) is 14.3. The van der Waals surface area contributed by atoms with Gasteiger partial charge >= 0.3 is 0 Å². The van der Waals surface area contributed by atoms with Gasteiger partial charge in [0.05, 0.1) is 31.6 Å². The Hall–Kier alpha value is -5.23. The van der Waals surface area contributed by atoms with Gasteiger partial charge < -0.3 is 24.0 Å². The normalized spacial score (nSPS) is 17.0. The average Bonchev–Trinajstić information content (AvgIpc) is 3.58. The number of nitrogens with zero attached hydrogens (tertiary/aromatic N) is 4. The molecule has 5 aromatic rings. The van der Waals surface area contributed by atoms with Crippen LogP contribution >= 0.6 is 11.6 Å². The molecule has 1 aromatic heterocycles. The van der Waals surface area contributed by atoms with Crippen molar-refractivity contribution in [1.82, 2.24) is 14.4 Å². The minimum atomic E-state index is -0.969. The topological polar surface area (TPSA) is 87.5 Å². The number of amides is 2.